The van der Waals surface area contributed by atoms with Crippen LogP contribution in [0.25, 0.3) is 11.1 Å². The molecule has 0 radical (unpaired) electrons. The third-order valence-corrected chi connectivity index (χ3v) is 3.00. The van der Waals surface area contributed by atoms with Crippen LogP contribution in [0.3, 0.4) is 0 Å². The summed E-state index contributed by atoms with van der Waals surface area (Å²) in [6.45, 7) is -0.222. The van der Waals surface area contributed by atoms with Crippen molar-refractivity contribution in [2.24, 2.45) is 0 Å². The second-order valence-electron chi connectivity index (χ2n) is 4.62. The zero-order valence-electron chi connectivity index (χ0n) is 12.3. The molecule has 2 rings (SSSR count). The van der Waals surface area contributed by atoms with Gasteiger partial charge in [-0.05, 0) is 11.6 Å². The Morgan fingerprint density at radius 3 is 2.43 bits per heavy atom. The van der Waals surface area contributed by atoms with E-state index in [0.717, 1.165) is 11.1 Å². The highest BCUT2D eigenvalue weighted by Gasteiger charge is 2.15. The van der Waals surface area contributed by atoms with Crippen molar-refractivity contribution in [3.63, 3.8) is 0 Å². The van der Waals surface area contributed by atoms with Gasteiger partial charge in [0.1, 0.15) is 24.8 Å². The van der Waals surface area contributed by atoms with Crippen LogP contribution in [0.4, 0.5) is 0 Å². The van der Waals surface area contributed by atoms with E-state index in [1.807, 2.05) is 48.5 Å². The lowest BCUT2D eigenvalue weighted by atomic mass is 10.0. The average molecular weight is 306 g/mol. The number of ether oxygens (including phenoxy) is 2. The summed E-state index contributed by atoms with van der Waals surface area (Å²) < 4.78 is 10.5. The van der Waals surface area contributed by atoms with Crippen LogP contribution < -0.4 is 4.74 Å². The van der Waals surface area contributed by atoms with Crippen LogP contribution in [0.15, 0.2) is 54.6 Å². The predicted molar refractivity (Wildman–Crippen MR) is 83.1 cm³/mol. The molecule has 0 aliphatic heterocycles. The first-order valence-electron chi connectivity index (χ1n) is 6.98. The van der Waals surface area contributed by atoms with Crippen LogP contribution in [0, 0.1) is 22.7 Å². The minimum atomic E-state index is -0.942. The molecule has 0 aliphatic carbocycles. The second kappa shape index (κ2) is 8.21. The molecular weight excluding hydrogens is 292 g/mol. The fourth-order valence-electron chi connectivity index (χ4n) is 1.96. The van der Waals surface area contributed by atoms with Gasteiger partial charge in [0.15, 0.2) is 0 Å². The summed E-state index contributed by atoms with van der Waals surface area (Å²) in [6.07, 6.45) is -1.29. The Kier molecular flexibility index (Phi) is 5.74. The fraction of sp³-hybridized carbons (Fsp3) is 0.167. The summed E-state index contributed by atoms with van der Waals surface area (Å²) >= 11 is 0. The van der Waals surface area contributed by atoms with Gasteiger partial charge in [-0.1, -0.05) is 48.5 Å². The SMILES string of the molecule is N#CCC(=O)OCC(C#N)Oc1ccccc1-c1ccccc1. The third-order valence-electron chi connectivity index (χ3n) is 3.00. The Labute approximate surface area is 134 Å². The van der Waals surface area contributed by atoms with E-state index in [4.69, 9.17) is 20.0 Å². The molecule has 0 bridgehead atoms. The van der Waals surface area contributed by atoms with Crippen molar-refractivity contribution < 1.29 is 14.3 Å². The molecule has 0 fully saturated rings. The van der Waals surface area contributed by atoms with Gasteiger partial charge < -0.3 is 9.47 Å². The molecule has 0 amide bonds. The lowest BCUT2D eigenvalue weighted by Crippen LogP contribution is -2.23. The number of carbonyl (C=O) groups excluding carboxylic acids is 1. The minimum absolute atomic E-state index is 0.222. The highest BCUT2D eigenvalue weighted by Crippen LogP contribution is 2.30. The molecule has 2 aromatic rings. The molecule has 5 nitrogen and oxygen atoms in total. The van der Waals surface area contributed by atoms with Gasteiger partial charge in [-0.15, -0.1) is 0 Å². The van der Waals surface area contributed by atoms with Crippen molar-refractivity contribution >= 4 is 5.97 Å². The van der Waals surface area contributed by atoms with E-state index in [-0.39, 0.29) is 13.0 Å². The van der Waals surface area contributed by atoms with Gasteiger partial charge in [-0.2, -0.15) is 10.5 Å². The Balaban J connectivity index is 2.12. The maximum atomic E-state index is 11.2. The molecule has 0 N–H and O–H groups in total. The van der Waals surface area contributed by atoms with Crippen LogP contribution in [-0.2, 0) is 9.53 Å². The van der Waals surface area contributed by atoms with Crippen molar-refractivity contribution in [3.05, 3.63) is 54.6 Å². The van der Waals surface area contributed by atoms with E-state index in [9.17, 15) is 4.79 Å². The number of rotatable bonds is 6. The lowest BCUT2D eigenvalue weighted by molar-refractivity contribution is -0.144. The maximum Gasteiger partial charge on any atom is 0.320 e. The first-order valence-corrected chi connectivity index (χ1v) is 6.98. The lowest BCUT2D eigenvalue weighted by Gasteiger charge is -2.15. The topological polar surface area (TPSA) is 83.1 Å². The fourth-order valence-corrected chi connectivity index (χ4v) is 1.96. The van der Waals surface area contributed by atoms with Gasteiger partial charge in [0.25, 0.3) is 0 Å². The van der Waals surface area contributed by atoms with Gasteiger partial charge >= 0.3 is 5.97 Å². The molecule has 114 valence electrons. The summed E-state index contributed by atoms with van der Waals surface area (Å²) in [5, 5.41) is 17.6. The van der Waals surface area contributed by atoms with E-state index in [1.165, 1.54) is 0 Å². The first kappa shape index (κ1) is 16.1. The maximum absolute atomic E-state index is 11.2. The van der Waals surface area contributed by atoms with Crippen LogP contribution in [0.5, 0.6) is 5.75 Å². The molecule has 23 heavy (non-hydrogen) atoms. The highest BCUT2D eigenvalue weighted by atomic mass is 16.6. The Hall–Kier alpha value is -3.31. The minimum Gasteiger partial charge on any atom is -0.471 e. The molecule has 1 unspecified atom stereocenters. The Bertz CT molecular complexity index is 745. The molecule has 0 saturated carbocycles. The largest absolute Gasteiger partial charge is 0.471 e. The van der Waals surface area contributed by atoms with E-state index < -0.39 is 12.1 Å². The van der Waals surface area contributed by atoms with E-state index in [0.29, 0.717) is 5.75 Å². The zero-order chi connectivity index (χ0) is 16.5. The zero-order valence-corrected chi connectivity index (χ0v) is 12.3. The number of hydrogen-bond donors (Lipinski definition) is 0. The number of nitriles is 2. The molecule has 2 aromatic carbocycles. The molecule has 0 aromatic heterocycles. The van der Waals surface area contributed by atoms with Gasteiger partial charge in [0, 0.05) is 5.56 Å². The van der Waals surface area contributed by atoms with Gasteiger partial charge in [-0.25, -0.2) is 0 Å². The number of para-hydroxylation sites is 1. The van der Waals surface area contributed by atoms with E-state index in [2.05, 4.69) is 0 Å². The first-order chi connectivity index (χ1) is 11.2. The highest BCUT2D eigenvalue weighted by molar-refractivity contribution is 5.72. The van der Waals surface area contributed by atoms with E-state index in [1.54, 1.807) is 18.2 Å². The quantitative estimate of drug-likeness (QED) is 0.766. The molecule has 0 spiro atoms. The molecule has 0 heterocycles. The van der Waals surface area contributed by atoms with Crippen molar-refractivity contribution in [3.8, 4) is 29.0 Å². The Morgan fingerprint density at radius 2 is 1.74 bits per heavy atom. The third kappa shape index (κ3) is 4.59. The molecule has 0 saturated heterocycles. The number of carbonyl (C=O) groups is 1. The van der Waals surface area contributed by atoms with Gasteiger partial charge in [0.2, 0.25) is 6.10 Å². The summed E-state index contributed by atoms with van der Waals surface area (Å²) in [4.78, 5) is 11.2. The van der Waals surface area contributed by atoms with E-state index >= 15 is 0 Å². The Morgan fingerprint density at radius 1 is 1.04 bits per heavy atom. The second-order valence-corrected chi connectivity index (χ2v) is 4.62. The van der Waals surface area contributed by atoms with Crippen molar-refractivity contribution in [1.82, 2.24) is 0 Å². The normalized spacial score (nSPS) is 10.9. The number of hydrogen-bond acceptors (Lipinski definition) is 5. The van der Waals surface area contributed by atoms with Crippen molar-refractivity contribution in [2.75, 3.05) is 6.61 Å². The van der Waals surface area contributed by atoms with Crippen LogP contribution in [-0.4, -0.2) is 18.7 Å². The standard InChI is InChI=1S/C18H14N2O3/c19-11-10-18(21)22-13-15(12-20)23-17-9-5-4-8-16(17)14-6-2-1-3-7-14/h1-9,15H,10,13H2. The van der Waals surface area contributed by atoms with Crippen molar-refractivity contribution in [1.29, 1.82) is 10.5 Å². The van der Waals surface area contributed by atoms with Crippen molar-refractivity contribution in [2.45, 2.75) is 12.5 Å². The van der Waals surface area contributed by atoms with Crippen LogP contribution in [0.2, 0.25) is 0 Å². The smallest absolute Gasteiger partial charge is 0.320 e. The molecule has 0 aliphatic rings. The van der Waals surface area contributed by atoms with Crippen LogP contribution >= 0.6 is 0 Å². The molecular formula is C18H14N2O3. The van der Waals surface area contributed by atoms with Crippen LogP contribution in [0.1, 0.15) is 6.42 Å². The summed E-state index contributed by atoms with van der Waals surface area (Å²) in [7, 11) is 0. The average Bonchev–Trinajstić information content (AvgIpc) is 2.60. The number of nitrogens with zero attached hydrogens (tertiary/aromatic N) is 2. The molecule has 1 atom stereocenters. The summed E-state index contributed by atoms with van der Waals surface area (Å²) in [5.41, 5.74) is 1.80. The summed E-state index contributed by atoms with van der Waals surface area (Å²) in [5.74, 6) is -0.144. The predicted octanol–water partition coefficient (Wildman–Crippen LogP) is 3.08. The summed E-state index contributed by atoms with van der Waals surface area (Å²) in [6, 6.07) is 20.6. The van der Waals surface area contributed by atoms with Gasteiger partial charge in [-0.3, -0.25) is 4.79 Å². The molecule has 5 heteroatoms. The van der Waals surface area contributed by atoms with Gasteiger partial charge in [0.05, 0.1) is 6.07 Å². The monoisotopic (exact) mass is 306 g/mol. The number of benzene rings is 2. The number of esters is 1.